The molecule has 2 rings (SSSR count). The number of nitrogens with one attached hydrogen (secondary N) is 3. The fourth-order valence-corrected chi connectivity index (χ4v) is 1.76. The monoisotopic (exact) mass is 335 g/mol. The van der Waals surface area contributed by atoms with E-state index in [1.54, 1.807) is 19.1 Å². The summed E-state index contributed by atoms with van der Waals surface area (Å²) in [5, 5.41) is 8.57. The summed E-state index contributed by atoms with van der Waals surface area (Å²) in [4.78, 5) is 41.3. The molecule has 2 aromatic heterocycles. The number of amides is 2. The molecular weight excluding hydrogens is 318 g/mol. The molecule has 0 aliphatic rings. The molecule has 0 aromatic carbocycles. The van der Waals surface area contributed by atoms with Gasteiger partial charge in [0.25, 0.3) is 5.56 Å². The maximum Gasteiger partial charge on any atom is 0.328 e. The number of pyridine rings is 1. The van der Waals surface area contributed by atoms with E-state index in [9.17, 15) is 14.4 Å². The van der Waals surface area contributed by atoms with Crippen molar-refractivity contribution in [2.75, 3.05) is 6.61 Å². The Morgan fingerprint density at radius 1 is 1.46 bits per heavy atom. The molecule has 0 aliphatic heterocycles. The fraction of sp³-hybridized carbons (Fsp3) is 0.357. The van der Waals surface area contributed by atoms with Gasteiger partial charge in [0.2, 0.25) is 11.7 Å². The summed E-state index contributed by atoms with van der Waals surface area (Å²) >= 11 is 0. The molecule has 0 bridgehead atoms. The van der Waals surface area contributed by atoms with Crippen LogP contribution in [0, 0.1) is 0 Å². The van der Waals surface area contributed by atoms with Crippen molar-refractivity contribution in [2.45, 2.75) is 26.4 Å². The van der Waals surface area contributed by atoms with Crippen molar-refractivity contribution < 1.29 is 18.8 Å². The maximum atomic E-state index is 11.7. The molecule has 2 aromatic rings. The van der Waals surface area contributed by atoms with Gasteiger partial charge in [-0.25, -0.2) is 9.59 Å². The van der Waals surface area contributed by atoms with E-state index in [1.165, 1.54) is 13.1 Å². The third kappa shape index (κ3) is 4.41. The van der Waals surface area contributed by atoms with Gasteiger partial charge >= 0.3 is 12.0 Å². The van der Waals surface area contributed by atoms with Crippen molar-refractivity contribution in [1.82, 2.24) is 25.8 Å². The van der Waals surface area contributed by atoms with Gasteiger partial charge in [0.15, 0.2) is 0 Å². The molecule has 0 saturated heterocycles. The van der Waals surface area contributed by atoms with Crippen LogP contribution in [0.2, 0.25) is 0 Å². The first-order chi connectivity index (χ1) is 11.5. The summed E-state index contributed by atoms with van der Waals surface area (Å²) < 4.78 is 9.74. The summed E-state index contributed by atoms with van der Waals surface area (Å²) in [6, 6.07) is 1.81. The predicted molar refractivity (Wildman–Crippen MR) is 81.8 cm³/mol. The van der Waals surface area contributed by atoms with Gasteiger partial charge in [-0.3, -0.25) is 4.79 Å². The van der Waals surface area contributed by atoms with E-state index in [1.807, 2.05) is 0 Å². The Balaban J connectivity index is 1.89. The Hall–Kier alpha value is -3.17. The molecular formula is C14H17N5O5. The molecule has 2 amide bonds. The number of nitrogens with zero attached hydrogens (tertiary/aromatic N) is 2. The molecule has 1 unspecified atom stereocenters. The van der Waals surface area contributed by atoms with Crippen molar-refractivity contribution >= 4 is 12.0 Å². The lowest BCUT2D eigenvalue weighted by molar-refractivity contribution is -0.144. The Morgan fingerprint density at radius 2 is 2.25 bits per heavy atom. The average molecular weight is 335 g/mol. The Morgan fingerprint density at radius 3 is 2.96 bits per heavy atom. The van der Waals surface area contributed by atoms with E-state index in [-0.39, 0.29) is 36.0 Å². The first-order valence-corrected chi connectivity index (χ1v) is 7.23. The SMILES string of the molecule is CCOC(=O)C(C)NC(=O)NCc1nc(-c2ccc[nH]c2=O)no1. The van der Waals surface area contributed by atoms with E-state index >= 15 is 0 Å². The van der Waals surface area contributed by atoms with Crippen LogP contribution in [-0.4, -0.2) is 39.8 Å². The van der Waals surface area contributed by atoms with Crippen molar-refractivity contribution in [1.29, 1.82) is 0 Å². The number of carbonyl (C=O) groups is 2. The lowest BCUT2D eigenvalue weighted by Gasteiger charge is -2.12. The van der Waals surface area contributed by atoms with Crippen LogP contribution in [-0.2, 0) is 16.1 Å². The molecule has 1 atom stereocenters. The van der Waals surface area contributed by atoms with Crippen LogP contribution in [0.4, 0.5) is 4.79 Å². The van der Waals surface area contributed by atoms with Crippen molar-refractivity contribution in [3.05, 3.63) is 34.6 Å². The van der Waals surface area contributed by atoms with Crippen LogP contribution >= 0.6 is 0 Å². The molecule has 0 saturated carbocycles. The van der Waals surface area contributed by atoms with Crippen LogP contribution in [0.15, 0.2) is 27.6 Å². The van der Waals surface area contributed by atoms with Crippen molar-refractivity contribution in [3.63, 3.8) is 0 Å². The van der Waals surface area contributed by atoms with E-state index in [4.69, 9.17) is 9.26 Å². The molecule has 2 heterocycles. The van der Waals surface area contributed by atoms with Crippen molar-refractivity contribution in [2.24, 2.45) is 0 Å². The van der Waals surface area contributed by atoms with Gasteiger partial charge in [-0.1, -0.05) is 5.16 Å². The van der Waals surface area contributed by atoms with E-state index in [2.05, 4.69) is 25.8 Å². The highest BCUT2D eigenvalue weighted by molar-refractivity contribution is 5.83. The quantitative estimate of drug-likeness (QED) is 0.640. The average Bonchev–Trinajstić information content (AvgIpc) is 3.02. The first kappa shape index (κ1) is 17.2. The van der Waals surface area contributed by atoms with Crippen LogP contribution in [0.3, 0.4) is 0 Å². The number of H-pyrrole nitrogens is 1. The zero-order valence-corrected chi connectivity index (χ0v) is 13.2. The van der Waals surface area contributed by atoms with Crippen LogP contribution < -0.4 is 16.2 Å². The number of ether oxygens (including phenoxy) is 1. The Kier molecular flexibility index (Phi) is 5.66. The van der Waals surface area contributed by atoms with Crippen LogP contribution in [0.5, 0.6) is 0 Å². The van der Waals surface area contributed by atoms with Gasteiger partial charge in [-0.05, 0) is 26.0 Å². The predicted octanol–water partition coefficient (Wildman–Crippen LogP) is 0.176. The second-order valence-electron chi connectivity index (χ2n) is 4.73. The minimum atomic E-state index is -0.786. The zero-order chi connectivity index (χ0) is 17.5. The van der Waals surface area contributed by atoms with Crippen molar-refractivity contribution in [3.8, 4) is 11.4 Å². The standard InChI is InChI=1S/C14H17N5O5/c1-3-23-13(21)8(2)17-14(22)16-7-10-18-11(19-24-10)9-5-4-6-15-12(9)20/h4-6,8H,3,7H2,1-2H3,(H,15,20)(H2,16,17,22). The van der Waals surface area contributed by atoms with E-state index in [0.29, 0.717) is 0 Å². The molecule has 0 aliphatic carbocycles. The Bertz CT molecular complexity index is 769. The number of carbonyl (C=O) groups excluding carboxylic acids is 2. The number of rotatable bonds is 6. The minimum Gasteiger partial charge on any atom is -0.464 e. The number of aromatic nitrogens is 3. The summed E-state index contributed by atoms with van der Waals surface area (Å²) in [5.41, 5.74) is -0.0910. The zero-order valence-electron chi connectivity index (χ0n) is 13.2. The molecule has 10 heteroatoms. The van der Waals surface area contributed by atoms with Gasteiger partial charge in [0, 0.05) is 6.20 Å². The largest absolute Gasteiger partial charge is 0.464 e. The summed E-state index contributed by atoms with van der Waals surface area (Å²) in [6.07, 6.45) is 1.49. The molecule has 3 N–H and O–H groups in total. The molecule has 10 nitrogen and oxygen atoms in total. The lowest BCUT2D eigenvalue weighted by Crippen LogP contribution is -2.44. The third-order valence-electron chi connectivity index (χ3n) is 2.92. The maximum absolute atomic E-state index is 11.7. The number of hydrogen-bond acceptors (Lipinski definition) is 7. The third-order valence-corrected chi connectivity index (χ3v) is 2.92. The lowest BCUT2D eigenvalue weighted by atomic mass is 10.3. The molecule has 0 radical (unpaired) electrons. The normalized spacial score (nSPS) is 11.6. The highest BCUT2D eigenvalue weighted by atomic mass is 16.5. The topological polar surface area (TPSA) is 139 Å². The minimum absolute atomic E-state index is 0.0564. The van der Waals surface area contributed by atoms with Gasteiger partial charge < -0.3 is 24.9 Å². The Labute approximate surface area is 136 Å². The van der Waals surface area contributed by atoms with Crippen LogP contribution in [0.1, 0.15) is 19.7 Å². The number of urea groups is 1. The smallest absolute Gasteiger partial charge is 0.328 e. The number of hydrogen-bond donors (Lipinski definition) is 3. The first-order valence-electron chi connectivity index (χ1n) is 7.23. The van der Waals surface area contributed by atoms with Gasteiger partial charge in [0.1, 0.15) is 6.04 Å². The van der Waals surface area contributed by atoms with Gasteiger partial charge in [-0.2, -0.15) is 4.98 Å². The van der Waals surface area contributed by atoms with E-state index in [0.717, 1.165) is 0 Å². The van der Waals surface area contributed by atoms with Crippen LogP contribution in [0.25, 0.3) is 11.4 Å². The summed E-state index contributed by atoms with van der Waals surface area (Å²) in [6.45, 7) is 3.36. The fourth-order valence-electron chi connectivity index (χ4n) is 1.76. The van der Waals surface area contributed by atoms with E-state index < -0.39 is 18.0 Å². The summed E-state index contributed by atoms with van der Waals surface area (Å²) in [5.74, 6) is -0.294. The molecule has 24 heavy (non-hydrogen) atoms. The number of aromatic amines is 1. The second kappa shape index (κ2) is 7.90. The highest BCUT2D eigenvalue weighted by Crippen LogP contribution is 2.09. The second-order valence-corrected chi connectivity index (χ2v) is 4.73. The van der Waals surface area contributed by atoms with Gasteiger partial charge in [0.05, 0.1) is 18.7 Å². The molecule has 0 fully saturated rings. The molecule has 0 spiro atoms. The highest BCUT2D eigenvalue weighted by Gasteiger charge is 2.17. The van der Waals surface area contributed by atoms with Gasteiger partial charge in [-0.15, -0.1) is 0 Å². The molecule has 128 valence electrons. The number of esters is 1. The summed E-state index contributed by atoms with van der Waals surface area (Å²) in [7, 11) is 0.